The number of hydrogen-bond donors (Lipinski definition) is 1. The molecule has 0 radical (unpaired) electrons. The third-order valence-corrected chi connectivity index (χ3v) is 2.36. The number of rotatable bonds is 8. The van der Waals surface area contributed by atoms with E-state index in [0.717, 1.165) is 12.8 Å². The van der Waals surface area contributed by atoms with Crippen molar-refractivity contribution in [2.45, 2.75) is 64.5 Å². The molecule has 0 fully saturated rings. The lowest BCUT2D eigenvalue weighted by atomic mass is 10.0. The molecule has 0 heterocycles. The molecule has 0 aliphatic carbocycles. The van der Waals surface area contributed by atoms with Crippen LogP contribution >= 0.6 is 0 Å². The Labute approximate surface area is 85.5 Å². The summed E-state index contributed by atoms with van der Waals surface area (Å²) in [6, 6.07) is -0.629. The number of aliphatic hydroxyl groups excluding tert-OH is 1. The summed E-state index contributed by atoms with van der Waals surface area (Å²) in [5, 5.41) is 19.8. The zero-order chi connectivity index (χ0) is 11.0. The van der Waals surface area contributed by atoms with Gasteiger partial charge in [-0.1, -0.05) is 32.6 Å². The fourth-order valence-corrected chi connectivity index (χ4v) is 1.40. The highest BCUT2D eigenvalue weighted by Crippen LogP contribution is 2.10. The zero-order valence-electron chi connectivity index (χ0n) is 9.11. The molecule has 4 heteroatoms. The van der Waals surface area contributed by atoms with Gasteiger partial charge in [-0.25, -0.2) is 0 Å². The highest BCUT2D eigenvalue weighted by atomic mass is 16.6. The second kappa shape index (κ2) is 7.74. The highest BCUT2D eigenvalue weighted by molar-refractivity contribution is 4.60. The van der Waals surface area contributed by atoms with Crippen molar-refractivity contribution in [3.05, 3.63) is 10.1 Å². The van der Waals surface area contributed by atoms with E-state index in [9.17, 15) is 15.2 Å². The highest BCUT2D eigenvalue weighted by Gasteiger charge is 2.17. The summed E-state index contributed by atoms with van der Waals surface area (Å²) < 4.78 is 0. The van der Waals surface area contributed by atoms with Gasteiger partial charge in [0.05, 0.1) is 6.10 Å². The van der Waals surface area contributed by atoms with Gasteiger partial charge in [0.15, 0.2) is 0 Å². The van der Waals surface area contributed by atoms with Crippen molar-refractivity contribution >= 4 is 0 Å². The molecule has 2 unspecified atom stereocenters. The molecule has 0 aromatic rings. The lowest BCUT2D eigenvalue weighted by Gasteiger charge is -2.10. The summed E-state index contributed by atoms with van der Waals surface area (Å²) >= 11 is 0. The van der Waals surface area contributed by atoms with Crippen molar-refractivity contribution in [1.82, 2.24) is 0 Å². The number of hydrogen-bond acceptors (Lipinski definition) is 3. The predicted molar refractivity (Wildman–Crippen MR) is 55.8 cm³/mol. The minimum absolute atomic E-state index is 0.277. The van der Waals surface area contributed by atoms with Crippen LogP contribution in [0.2, 0.25) is 0 Å². The van der Waals surface area contributed by atoms with Crippen LogP contribution in [-0.4, -0.2) is 22.2 Å². The summed E-state index contributed by atoms with van der Waals surface area (Å²) in [7, 11) is 0. The maximum absolute atomic E-state index is 10.3. The predicted octanol–water partition coefficient (Wildman–Crippen LogP) is 2.37. The van der Waals surface area contributed by atoms with E-state index in [2.05, 4.69) is 6.92 Å². The van der Waals surface area contributed by atoms with Gasteiger partial charge in [0.2, 0.25) is 6.04 Å². The fourth-order valence-electron chi connectivity index (χ4n) is 1.40. The Hall–Kier alpha value is -0.640. The average Bonchev–Trinajstić information content (AvgIpc) is 2.12. The third-order valence-electron chi connectivity index (χ3n) is 2.36. The molecule has 0 aromatic heterocycles. The Kier molecular flexibility index (Phi) is 7.38. The van der Waals surface area contributed by atoms with E-state index in [1.807, 2.05) is 0 Å². The van der Waals surface area contributed by atoms with Gasteiger partial charge in [-0.05, 0) is 6.42 Å². The minimum atomic E-state index is -0.629. The van der Waals surface area contributed by atoms with Gasteiger partial charge in [0, 0.05) is 18.3 Å². The fraction of sp³-hybridized carbons (Fsp3) is 1.00. The number of nitrogens with zero attached hydrogens (tertiary/aromatic N) is 1. The molecule has 0 amide bonds. The van der Waals surface area contributed by atoms with Gasteiger partial charge in [-0.3, -0.25) is 10.1 Å². The molecule has 0 spiro atoms. The molecule has 0 bridgehead atoms. The summed E-state index contributed by atoms with van der Waals surface area (Å²) in [5.41, 5.74) is 0. The Morgan fingerprint density at radius 2 is 2.00 bits per heavy atom. The van der Waals surface area contributed by atoms with Crippen LogP contribution in [-0.2, 0) is 0 Å². The lowest BCUT2D eigenvalue weighted by molar-refractivity contribution is -0.520. The van der Waals surface area contributed by atoms with Crippen LogP contribution in [0.1, 0.15) is 52.4 Å². The van der Waals surface area contributed by atoms with E-state index in [0.29, 0.717) is 6.42 Å². The molecule has 0 rings (SSSR count). The van der Waals surface area contributed by atoms with Crippen molar-refractivity contribution in [3.8, 4) is 0 Å². The smallest absolute Gasteiger partial charge is 0.212 e. The van der Waals surface area contributed by atoms with Crippen LogP contribution in [0.3, 0.4) is 0 Å². The summed E-state index contributed by atoms with van der Waals surface area (Å²) in [6.45, 7) is 3.67. The lowest BCUT2D eigenvalue weighted by Crippen LogP contribution is -2.22. The van der Waals surface area contributed by atoms with E-state index in [1.165, 1.54) is 19.8 Å². The molecule has 4 nitrogen and oxygen atoms in total. The van der Waals surface area contributed by atoms with Gasteiger partial charge in [0.1, 0.15) is 0 Å². The molecule has 0 saturated carbocycles. The monoisotopic (exact) mass is 203 g/mol. The molecule has 2 atom stereocenters. The van der Waals surface area contributed by atoms with Crippen molar-refractivity contribution < 1.29 is 10.0 Å². The molecule has 0 aromatic carbocycles. The Bertz CT molecular complexity index is 161. The van der Waals surface area contributed by atoms with Gasteiger partial charge in [-0.2, -0.15) is 0 Å². The Balaban J connectivity index is 3.45. The zero-order valence-corrected chi connectivity index (χ0v) is 9.11. The Morgan fingerprint density at radius 3 is 2.50 bits per heavy atom. The van der Waals surface area contributed by atoms with Crippen LogP contribution < -0.4 is 0 Å². The maximum atomic E-state index is 10.3. The normalized spacial score (nSPS) is 15.1. The van der Waals surface area contributed by atoms with Crippen LogP contribution in [0.15, 0.2) is 0 Å². The average molecular weight is 203 g/mol. The second-order valence-corrected chi connectivity index (χ2v) is 3.87. The molecule has 0 aliphatic rings. The molecular weight excluding hydrogens is 182 g/mol. The van der Waals surface area contributed by atoms with E-state index in [4.69, 9.17) is 0 Å². The molecular formula is C10H21NO3. The quantitative estimate of drug-likeness (QED) is 0.374. The summed E-state index contributed by atoms with van der Waals surface area (Å²) in [6.07, 6.45) is 4.89. The SMILES string of the molecule is CCCCCCC(O)CC(C)[N+](=O)[O-]. The maximum Gasteiger partial charge on any atom is 0.212 e. The van der Waals surface area contributed by atoms with E-state index in [-0.39, 0.29) is 11.3 Å². The topological polar surface area (TPSA) is 63.4 Å². The van der Waals surface area contributed by atoms with Crippen molar-refractivity contribution in [2.24, 2.45) is 0 Å². The number of unbranched alkanes of at least 4 members (excludes halogenated alkanes) is 3. The Morgan fingerprint density at radius 1 is 1.36 bits per heavy atom. The van der Waals surface area contributed by atoms with Crippen LogP contribution in [0, 0.1) is 10.1 Å². The molecule has 84 valence electrons. The van der Waals surface area contributed by atoms with E-state index in [1.54, 1.807) is 0 Å². The first kappa shape index (κ1) is 13.4. The van der Waals surface area contributed by atoms with Gasteiger partial charge >= 0.3 is 0 Å². The third kappa shape index (κ3) is 6.83. The first-order valence-electron chi connectivity index (χ1n) is 5.39. The van der Waals surface area contributed by atoms with Gasteiger partial charge in [-0.15, -0.1) is 0 Å². The standard InChI is InChI=1S/C10H21NO3/c1-3-4-5-6-7-10(12)8-9(2)11(13)14/h9-10,12H,3-8H2,1-2H3. The largest absolute Gasteiger partial charge is 0.393 e. The molecule has 0 saturated heterocycles. The molecule has 14 heavy (non-hydrogen) atoms. The summed E-state index contributed by atoms with van der Waals surface area (Å²) in [4.78, 5) is 9.97. The summed E-state index contributed by atoms with van der Waals surface area (Å²) in [5.74, 6) is 0. The van der Waals surface area contributed by atoms with Crippen LogP contribution in [0.5, 0.6) is 0 Å². The first-order chi connectivity index (χ1) is 6.57. The second-order valence-electron chi connectivity index (χ2n) is 3.87. The van der Waals surface area contributed by atoms with Gasteiger partial charge < -0.3 is 5.11 Å². The van der Waals surface area contributed by atoms with Crippen LogP contribution in [0.25, 0.3) is 0 Å². The number of nitro groups is 1. The van der Waals surface area contributed by atoms with Crippen molar-refractivity contribution in [3.63, 3.8) is 0 Å². The van der Waals surface area contributed by atoms with Crippen LogP contribution in [0.4, 0.5) is 0 Å². The number of aliphatic hydroxyl groups is 1. The van der Waals surface area contributed by atoms with Crippen molar-refractivity contribution in [2.75, 3.05) is 0 Å². The van der Waals surface area contributed by atoms with E-state index >= 15 is 0 Å². The minimum Gasteiger partial charge on any atom is -0.393 e. The first-order valence-corrected chi connectivity index (χ1v) is 5.39. The van der Waals surface area contributed by atoms with E-state index < -0.39 is 12.1 Å². The molecule has 1 N–H and O–H groups in total. The van der Waals surface area contributed by atoms with Gasteiger partial charge in [0.25, 0.3) is 0 Å². The van der Waals surface area contributed by atoms with Crippen molar-refractivity contribution in [1.29, 1.82) is 0 Å². The molecule has 0 aliphatic heterocycles.